The van der Waals surface area contributed by atoms with Crippen LogP contribution in [0.2, 0.25) is 0 Å². The van der Waals surface area contributed by atoms with Gasteiger partial charge >= 0.3 is 0 Å². The van der Waals surface area contributed by atoms with Crippen LogP contribution in [0.3, 0.4) is 0 Å². The molecule has 6 nitrogen and oxygen atoms in total. The number of benzene rings is 2. The highest BCUT2D eigenvalue weighted by Crippen LogP contribution is 2.39. The number of aryl methyl sites for hydroxylation is 3. The molecule has 154 valence electrons. The summed E-state index contributed by atoms with van der Waals surface area (Å²) in [4.78, 5) is 25.7. The number of carbonyl (C=O) groups is 2. The Labute approximate surface area is 173 Å². The molecule has 1 aromatic heterocycles. The Morgan fingerprint density at radius 1 is 1.20 bits per heavy atom. The topological polar surface area (TPSA) is 73.2 Å². The van der Waals surface area contributed by atoms with Crippen LogP contribution in [0.4, 0.5) is 10.2 Å². The molecule has 0 saturated heterocycles. The number of ether oxygens (including phenoxy) is 1. The van der Waals surface area contributed by atoms with Gasteiger partial charge in [0.05, 0.1) is 24.4 Å². The maximum Gasteiger partial charge on any atom is 0.226 e. The lowest BCUT2D eigenvalue weighted by Gasteiger charge is -2.23. The molecule has 1 aliphatic heterocycles. The first-order valence-corrected chi connectivity index (χ1v) is 9.65. The van der Waals surface area contributed by atoms with E-state index in [2.05, 4.69) is 10.4 Å². The minimum absolute atomic E-state index is 0.0150. The first-order valence-electron chi connectivity index (χ1n) is 9.65. The molecule has 2 aromatic carbocycles. The molecule has 0 fully saturated rings. The zero-order chi connectivity index (χ0) is 21.6. The Morgan fingerprint density at radius 3 is 2.63 bits per heavy atom. The Hall–Kier alpha value is -3.48. The molecule has 0 unspecified atom stereocenters. The molecular weight excluding hydrogens is 385 g/mol. The number of ketones is 1. The van der Waals surface area contributed by atoms with Crippen molar-refractivity contribution in [2.45, 2.75) is 33.1 Å². The first kappa shape index (κ1) is 19.8. The van der Waals surface area contributed by atoms with Crippen molar-refractivity contribution in [3.8, 4) is 11.4 Å². The van der Waals surface area contributed by atoms with Crippen LogP contribution in [0.25, 0.3) is 5.69 Å². The number of methoxy groups -OCH3 is 1. The summed E-state index contributed by atoms with van der Waals surface area (Å²) in [6, 6.07) is 10.0. The number of halogens is 1. The molecule has 1 amide bonds. The minimum atomic E-state index is -0.735. The van der Waals surface area contributed by atoms with E-state index in [-0.39, 0.29) is 29.4 Å². The second-order valence-corrected chi connectivity index (χ2v) is 7.57. The molecule has 2 heterocycles. The van der Waals surface area contributed by atoms with Crippen LogP contribution in [0.5, 0.6) is 5.75 Å². The van der Waals surface area contributed by atoms with Gasteiger partial charge in [-0.25, -0.2) is 9.07 Å². The van der Waals surface area contributed by atoms with Gasteiger partial charge < -0.3 is 10.1 Å². The lowest BCUT2D eigenvalue weighted by Crippen LogP contribution is -2.28. The Kier molecular flexibility index (Phi) is 4.89. The number of Topliss-reactive ketones (excluding diaryl/α,β-unsaturated/α-hetero) is 1. The fraction of sp³-hybridized carbons (Fsp3) is 0.261. The lowest BCUT2D eigenvalue weighted by molar-refractivity contribution is -0.116. The molecule has 30 heavy (non-hydrogen) atoms. The summed E-state index contributed by atoms with van der Waals surface area (Å²) in [5, 5.41) is 7.49. The second-order valence-electron chi connectivity index (χ2n) is 7.57. The van der Waals surface area contributed by atoms with Crippen LogP contribution in [-0.4, -0.2) is 28.6 Å². The van der Waals surface area contributed by atoms with Gasteiger partial charge in [0.2, 0.25) is 5.91 Å². The fourth-order valence-electron chi connectivity index (χ4n) is 4.01. The quantitative estimate of drug-likeness (QED) is 0.656. The summed E-state index contributed by atoms with van der Waals surface area (Å²) in [6.07, 6.45) is -0.0150. The molecule has 1 N–H and O–H groups in total. The first-order chi connectivity index (χ1) is 14.3. The summed E-state index contributed by atoms with van der Waals surface area (Å²) < 4.78 is 20.8. The predicted octanol–water partition coefficient (Wildman–Crippen LogP) is 4.25. The maximum atomic E-state index is 14.2. The average Bonchev–Trinajstić information content (AvgIpc) is 3.02. The van der Waals surface area contributed by atoms with Crippen LogP contribution in [0.15, 0.2) is 36.4 Å². The minimum Gasteiger partial charge on any atom is -0.494 e. The van der Waals surface area contributed by atoms with Crippen LogP contribution in [0.1, 0.15) is 45.1 Å². The third-order valence-electron chi connectivity index (χ3n) is 5.44. The third kappa shape index (κ3) is 3.26. The van der Waals surface area contributed by atoms with Crippen molar-refractivity contribution in [2.24, 2.45) is 0 Å². The summed E-state index contributed by atoms with van der Waals surface area (Å²) in [6.45, 7) is 5.79. The number of nitrogens with one attached hydrogen (secondary N) is 1. The molecule has 3 aromatic rings. The zero-order valence-corrected chi connectivity index (χ0v) is 17.2. The van der Waals surface area contributed by atoms with Crippen molar-refractivity contribution in [1.82, 2.24) is 9.78 Å². The van der Waals surface area contributed by atoms with E-state index in [9.17, 15) is 14.0 Å². The monoisotopic (exact) mass is 407 g/mol. The number of rotatable bonds is 4. The van der Waals surface area contributed by atoms with Gasteiger partial charge in [-0.3, -0.25) is 9.59 Å². The van der Waals surface area contributed by atoms with E-state index in [1.54, 1.807) is 4.68 Å². The van der Waals surface area contributed by atoms with Crippen molar-refractivity contribution < 1.29 is 18.7 Å². The van der Waals surface area contributed by atoms with E-state index in [4.69, 9.17) is 4.74 Å². The van der Waals surface area contributed by atoms with E-state index in [1.807, 2.05) is 39.0 Å². The average molecular weight is 407 g/mol. The molecule has 0 saturated carbocycles. The molecule has 1 aliphatic rings. The number of hydrogen-bond acceptors (Lipinski definition) is 4. The Balaban J connectivity index is 1.81. The molecule has 1 atom stereocenters. The third-order valence-corrected chi connectivity index (χ3v) is 5.44. The van der Waals surface area contributed by atoms with Crippen molar-refractivity contribution in [1.29, 1.82) is 0 Å². The number of anilines is 1. The van der Waals surface area contributed by atoms with E-state index in [0.29, 0.717) is 17.1 Å². The zero-order valence-electron chi connectivity index (χ0n) is 17.2. The van der Waals surface area contributed by atoms with Gasteiger partial charge in [0.25, 0.3) is 0 Å². The molecule has 0 aliphatic carbocycles. The van der Waals surface area contributed by atoms with Gasteiger partial charge in [-0.2, -0.15) is 5.10 Å². The van der Waals surface area contributed by atoms with E-state index >= 15 is 0 Å². The number of aromatic nitrogens is 2. The number of hydrogen-bond donors (Lipinski definition) is 1. The molecule has 0 spiro atoms. The molecule has 0 bridgehead atoms. The van der Waals surface area contributed by atoms with Crippen LogP contribution < -0.4 is 10.1 Å². The van der Waals surface area contributed by atoms with Crippen molar-refractivity contribution in [3.05, 3.63) is 70.2 Å². The largest absolute Gasteiger partial charge is 0.494 e. The second kappa shape index (κ2) is 7.40. The van der Waals surface area contributed by atoms with Gasteiger partial charge in [0, 0.05) is 17.5 Å². The van der Waals surface area contributed by atoms with Crippen LogP contribution >= 0.6 is 0 Å². The number of nitrogens with zero attached hydrogens (tertiary/aromatic N) is 2. The van der Waals surface area contributed by atoms with E-state index < -0.39 is 11.7 Å². The van der Waals surface area contributed by atoms with Gasteiger partial charge in [-0.15, -0.1) is 0 Å². The SMILES string of the molecule is COc1ccc(C(=O)[C@H]2CC(=O)Nc3c2c(C)nn3-c2ccc(C)cc2C)cc1F. The Morgan fingerprint density at radius 2 is 1.97 bits per heavy atom. The summed E-state index contributed by atoms with van der Waals surface area (Å²) >= 11 is 0. The van der Waals surface area contributed by atoms with E-state index in [1.165, 1.54) is 19.2 Å². The number of amides is 1. The van der Waals surface area contributed by atoms with Crippen LogP contribution in [0, 0.1) is 26.6 Å². The predicted molar refractivity (Wildman–Crippen MR) is 111 cm³/mol. The van der Waals surface area contributed by atoms with Gasteiger partial charge in [-0.05, 0) is 50.6 Å². The van der Waals surface area contributed by atoms with Gasteiger partial charge in [-0.1, -0.05) is 17.7 Å². The number of fused-ring (bicyclic) bond motifs is 1. The molecule has 0 radical (unpaired) electrons. The van der Waals surface area contributed by atoms with E-state index in [0.717, 1.165) is 22.9 Å². The van der Waals surface area contributed by atoms with Crippen molar-refractivity contribution in [3.63, 3.8) is 0 Å². The van der Waals surface area contributed by atoms with Crippen LogP contribution in [-0.2, 0) is 4.79 Å². The van der Waals surface area contributed by atoms with Crippen molar-refractivity contribution in [2.75, 3.05) is 12.4 Å². The lowest BCUT2D eigenvalue weighted by atomic mass is 9.85. The highest BCUT2D eigenvalue weighted by atomic mass is 19.1. The molecule has 7 heteroatoms. The Bertz CT molecular complexity index is 1180. The summed E-state index contributed by atoms with van der Waals surface area (Å²) in [5.74, 6) is -1.40. The van der Waals surface area contributed by atoms with Gasteiger partial charge in [0.15, 0.2) is 17.3 Å². The van der Waals surface area contributed by atoms with Gasteiger partial charge in [0.1, 0.15) is 5.82 Å². The molecular formula is C23H22FN3O3. The normalized spacial score (nSPS) is 15.5. The summed E-state index contributed by atoms with van der Waals surface area (Å²) in [5.41, 5.74) is 4.45. The molecule has 4 rings (SSSR count). The standard InChI is InChI=1S/C23H22FN3O3/c1-12-5-7-18(13(2)9-12)27-23-21(14(3)26-27)16(11-20(28)25-23)22(29)15-6-8-19(30-4)17(24)10-15/h5-10,16H,11H2,1-4H3,(H,25,28)/t16-/m0/s1. The van der Waals surface area contributed by atoms with Crippen molar-refractivity contribution >= 4 is 17.5 Å². The highest BCUT2D eigenvalue weighted by Gasteiger charge is 2.36. The maximum absolute atomic E-state index is 14.2. The number of carbonyl (C=O) groups excluding carboxylic acids is 2. The fourth-order valence-corrected chi connectivity index (χ4v) is 4.01. The summed E-state index contributed by atoms with van der Waals surface area (Å²) in [7, 11) is 1.36. The smallest absolute Gasteiger partial charge is 0.226 e. The highest BCUT2D eigenvalue weighted by molar-refractivity contribution is 6.08.